The van der Waals surface area contributed by atoms with E-state index in [2.05, 4.69) is 31.7 Å². The van der Waals surface area contributed by atoms with Gasteiger partial charge in [-0.15, -0.1) is 0 Å². The van der Waals surface area contributed by atoms with E-state index in [9.17, 15) is 13.2 Å². The third-order valence-electron chi connectivity index (χ3n) is 5.83. The number of benzene rings is 1. The number of anilines is 1. The van der Waals surface area contributed by atoms with E-state index in [1.54, 1.807) is 16.2 Å². The van der Waals surface area contributed by atoms with Gasteiger partial charge in [-0.1, -0.05) is 32.9 Å². The second-order valence-electron chi connectivity index (χ2n) is 9.73. The summed E-state index contributed by atoms with van der Waals surface area (Å²) in [4.78, 5) is 19.8. The van der Waals surface area contributed by atoms with Crippen molar-refractivity contribution in [1.29, 1.82) is 0 Å². The molecule has 1 aliphatic rings. The number of rotatable bonds is 4. The molecule has 9 heteroatoms. The van der Waals surface area contributed by atoms with Crippen molar-refractivity contribution in [2.24, 2.45) is 12.5 Å². The Labute approximate surface area is 189 Å². The summed E-state index contributed by atoms with van der Waals surface area (Å²) in [5, 5.41) is 0. The van der Waals surface area contributed by atoms with Crippen LogP contribution < -0.4 is 10.6 Å². The van der Waals surface area contributed by atoms with Crippen LogP contribution in [0.5, 0.6) is 0 Å². The number of piperazine rings is 1. The van der Waals surface area contributed by atoms with E-state index in [-0.39, 0.29) is 11.1 Å². The number of pyridine rings is 1. The highest BCUT2D eigenvalue weighted by atomic mass is 32.2. The number of sulfonamides is 1. The molecule has 3 heterocycles. The van der Waals surface area contributed by atoms with Crippen LogP contribution in [0.25, 0.3) is 22.4 Å². The molecule has 4 rings (SSSR count). The monoisotopic (exact) mass is 457 g/mol. The quantitative estimate of drug-likeness (QED) is 0.602. The maximum Gasteiger partial charge on any atom is 0.330 e. The lowest BCUT2D eigenvalue weighted by Gasteiger charge is -2.34. The molecule has 172 valence electrons. The minimum Gasteiger partial charge on any atom is -0.369 e. The number of hydrogen-bond donors (Lipinski definition) is 0. The lowest BCUT2D eigenvalue weighted by molar-refractivity contribution is 0.342. The summed E-state index contributed by atoms with van der Waals surface area (Å²) in [7, 11) is -1.39. The third kappa shape index (κ3) is 4.45. The number of hydrogen-bond acceptors (Lipinski definition) is 5. The highest BCUT2D eigenvalue weighted by molar-refractivity contribution is 7.88. The van der Waals surface area contributed by atoms with E-state index in [4.69, 9.17) is 4.98 Å². The number of fused-ring (bicyclic) bond motifs is 1. The first kappa shape index (κ1) is 22.5. The highest BCUT2D eigenvalue weighted by Crippen LogP contribution is 2.27. The van der Waals surface area contributed by atoms with E-state index in [1.165, 1.54) is 10.6 Å². The molecule has 1 saturated heterocycles. The minimum atomic E-state index is -3.15. The maximum atomic E-state index is 12.8. The van der Waals surface area contributed by atoms with Gasteiger partial charge in [0.05, 0.1) is 17.5 Å². The van der Waals surface area contributed by atoms with E-state index < -0.39 is 10.0 Å². The maximum absolute atomic E-state index is 12.8. The smallest absolute Gasteiger partial charge is 0.330 e. The predicted molar refractivity (Wildman–Crippen MR) is 128 cm³/mol. The zero-order chi connectivity index (χ0) is 23.3. The van der Waals surface area contributed by atoms with Crippen molar-refractivity contribution in [1.82, 2.24) is 18.4 Å². The molecule has 8 nitrogen and oxygen atoms in total. The van der Waals surface area contributed by atoms with Gasteiger partial charge in [0.2, 0.25) is 10.0 Å². The van der Waals surface area contributed by atoms with Gasteiger partial charge in [0.15, 0.2) is 5.65 Å². The first-order valence-corrected chi connectivity index (χ1v) is 12.7. The van der Waals surface area contributed by atoms with E-state index >= 15 is 0 Å². The van der Waals surface area contributed by atoms with Gasteiger partial charge in [-0.3, -0.25) is 9.13 Å². The summed E-state index contributed by atoms with van der Waals surface area (Å²) in [6, 6.07) is 12.0. The summed E-state index contributed by atoms with van der Waals surface area (Å²) >= 11 is 0. The number of imidazole rings is 1. The fourth-order valence-corrected chi connectivity index (χ4v) is 5.03. The van der Waals surface area contributed by atoms with Crippen molar-refractivity contribution < 1.29 is 8.42 Å². The van der Waals surface area contributed by atoms with Crippen LogP contribution in [-0.2, 0) is 23.6 Å². The Bertz CT molecular complexity index is 1310. The Morgan fingerprint density at radius 2 is 1.72 bits per heavy atom. The third-order valence-corrected chi connectivity index (χ3v) is 7.13. The van der Waals surface area contributed by atoms with Crippen LogP contribution in [0.4, 0.5) is 5.69 Å². The second kappa shape index (κ2) is 8.04. The van der Waals surface area contributed by atoms with Gasteiger partial charge in [0.25, 0.3) is 0 Å². The molecule has 1 aromatic carbocycles. The summed E-state index contributed by atoms with van der Waals surface area (Å²) in [5.74, 6) is 0. The van der Waals surface area contributed by atoms with Crippen LogP contribution in [0.3, 0.4) is 0 Å². The van der Waals surface area contributed by atoms with Gasteiger partial charge >= 0.3 is 5.69 Å². The normalized spacial score (nSPS) is 16.1. The molecule has 0 N–H and O–H groups in total. The van der Waals surface area contributed by atoms with E-state index in [1.807, 2.05) is 30.3 Å². The molecule has 2 aromatic heterocycles. The zero-order valence-electron chi connectivity index (χ0n) is 19.4. The molecule has 0 radical (unpaired) electrons. The summed E-state index contributed by atoms with van der Waals surface area (Å²) in [6.07, 6.45) is 1.26. The molecular formula is C23H31N5O3S. The van der Waals surface area contributed by atoms with Crippen LogP contribution in [0.1, 0.15) is 20.8 Å². The van der Waals surface area contributed by atoms with Crippen molar-refractivity contribution >= 4 is 26.9 Å². The topological polar surface area (TPSA) is 80.4 Å². The van der Waals surface area contributed by atoms with Crippen molar-refractivity contribution in [2.75, 3.05) is 37.3 Å². The molecule has 0 bridgehead atoms. The number of aromatic nitrogens is 3. The van der Waals surface area contributed by atoms with Gasteiger partial charge in [0, 0.05) is 51.0 Å². The lowest BCUT2D eigenvalue weighted by Crippen LogP contribution is -2.48. The highest BCUT2D eigenvalue weighted by Gasteiger charge is 2.24. The van der Waals surface area contributed by atoms with Crippen molar-refractivity contribution in [3.8, 4) is 11.3 Å². The first-order valence-electron chi connectivity index (χ1n) is 10.8. The molecular weight excluding hydrogens is 426 g/mol. The molecule has 1 fully saturated rings. The van der Waals surface area contributed by atoms with Crippen molar-refractivity contribution in [3.63, 3.8) is 0 Å². The van der Waals surface area contributed by atoms with Crippen molar-refractivity contribution in [2.45, 2.75) is 27.3 Å². The van der Waals surface area contributed by atoms with Gasteiger partial charge in [-0.2, -0.15) is 4.31 Å². The molecule has 0 spiro atoms. The second-order valence-corrected chi connectivity index (χ2v) is 11.7. The van der Waals surface area contributed by atoms with E-state index in [0.717, 1.165) is 22.5 Å². The van der Waals surface area contributed by atoms with Crippen LogP contribution >= 0.6 is 0 Å². The van der Waals surface area contributed by atoms with Crippen LogP contribution in [0.2, 0.25) is 0 Å². The molecule has 3 aromatic rings. The van der Waals surface area contributed by atoms with E-state index in [0.29, 0.717) is 38.4 Å². The average molecular weight is 458 g/mol. The molecule has 0 saturated carbocycles. The zero-order valence-corrected chi connectivity index (χ0v) is 20.2. The van der Waals surface area contributed by atoms with Crippen molar-refractivity contribution in [3.05, 3.63) is 46.9 Å². The summed E-state index contributed by atoms with van der Waals surface area (Å²) in [5.41, 5.74) is 4.23. The lowest BCUT2D eigenvalue weighted by atomic mass is 9.97. The van der Waals surface area contributed by atoms with Gasteiger partial charge in [0.1, 0.15) is 0 Å². The minimum absolute atomic E-state index is 0.0216. The average Bonchev–Trinajstić information content (AvgIpc) is 2.96. The Morgan fingerprint density at radius 1 is 1.03 bits per heavy atom. The summed E-state index contributed by atoms with van der Waals surface area (Å²) in [6.45, 7) is 9.22. The molecule has 0 unspecified atom stereocenters. The van der Waals surface area contributed by atoms with Gasteiger partial charge < -0.3 is 4.90 Å². The standard InChI is InChI=1S/C23H31N5O3S/c1-23(2,3)16-28-20-10-9-19(24-21(20)25(4)22(28)29)17-7-6-8-18(15-17)26-11-13-27(14-12-26)32(5,30)31/h6-10,15H,11-14,16H2,1-5H3. The fourth-order valence-electron chi connectivity index (χ4n) is 4.20. The Kier molecular flexibility index (Phi) is 5.67. The van der Waals surface area contributed by atoms with Crippen LogP contribution in [-0.4, -0.2) is 59.3 Å². The van der Waals surface area contributed by atoms with Gasteiger partial charge in [-0.25, -0.2) is 18.2 Å². The Balaban J connectivity index is 1.64. The molecule has 1 aliphatic heterocycles. The molecule has 32 heavy (non-hydrogen) atoms. The first-order chi connectivity index (χ1) is 14.9. The predicted octanol–water partition coefficient (Wildman–Crippen LogP) is 2.53. The Hall–Kier alpha value is -2.65. The van der Waals surface area contributed by atoms with Crippen LogP contribution in [0.15, 0.2) is 41.2 Å². The Morgan fingerprint density at radius 3 is 2.34 bits per heavy atom. The number of nitrogens with zero attached hydrogens (tertiary/aromatic N) is 5. The molecule has 0 atom stereocenters. The van der Waals surface area contributed by atoms with Crippen LogP contribution in [0, 0.1) is 5.41 Å². The number of aryl methyl sites for hydroxylation is 1. The SMILES string of the molecule is Cn1c(=O)n(CC(C)(C)C)c2ccc(-c3cccc(N4CCN(S(C)(=O)=O)CC4)c3)nc21. The van der Waals surface area contributed by atoms with Gasteiger partial charge in [-0.05, 0) is 29.7 Å². The largest absolute Gasteiger partial charge is 0.369 e. The fraction of sp³-hybridized carbons (Fsp3) is 0.478. The molecule has 0 aliphatic carbocycles. The molecule has 0 amide bonds. The summed E-state index contributed by atoms with van der Waals surface area (Å²) < 4.78 is 28.5.